The van der Waals surface area contributed by atoms with Crippen LogP contribution in [0.15, 0.2) is 23.7 Å². The summed E-state index contributed by atoms with van der Waals surface area (Å²) < 4.78 is 335. The van der Waals surface area contributed by atoms with E-state index in [1.165, 1.54) is 11.7 Å². The van der Waals surface area contributed by atoms with Crippen molar-refractivity contribution >= 4 is 5.97 Å². The number of ether oxygens (including phenoxy) is 1. The number of allylic oxidation sites excluding steroid dienone is 2. The summed E-state index contributed by atoms with van der Waals surface area (Å²) in [6.45, 7) is 4.60. The van der Waals surface area contributed by atoms with E-state index in [1.54, 1.807) is 0 Å². The molecule has 1 N–H and O–H groups in total. The van der Waals surface area contributed by atoms with E-state index in [4.69, 9.17) is 5.11 Å². The summed E-state index contributed by atoms with van der Waals surface area (Å²) in [4.78, 5) is 9.60. The Bertz CT molecular complexity index is 1140. The number of halogens is 26. The SMILES string of the molecule is C=C(C)C(=O)O.FC(=C(OC(F)(F)C(F)(F)F)C(F)(F)C(F)(F)C(F)(F)C(F)(F)C(F)(F)C(F)(F)C(F)(F)C(F)(F)F)C(F)(F)F. The fourth-order valence-corrected chi connectivity index (χ4v) is 1.87. The number of carboxylic acid groups (broad SMARTS) is 1. The van der Waals surface area contributed by atoms with Gasteiger partial charge < -0.3 is 9.84 Å². The van der Waals surface area contributed by atoms with Crippen molar-refractivity contribution in [3.05, 3.63) is 23.7 Å². The van der Waals surface area contributed by atoms with Gasteiger partial charge in [0.25, 0.3) is 0 Å². The van der Waals surface area contributed by atoms with Crippen LogP contribution in [0.25, 0.3) is 0 Å². The van der Waals surface area contributed by atoms with Crippen LogP contribution < -0.4 is 0 Å². The molecule has 29 heteroatoms. The molecular weight excluding hydrogens is 746 g/mol. The van der Waals surface area contributed by atoms with Gasteiger partial charge in [-0.25, -0.2) is 4.79 Å². The van der Waals surface area contributed by atoms with Crippen molar-refractivity contribution in [3.8, 4) is 0 Å². The number of aliphatic carboxylic acids is 1. The predicted molar refractivity (Wildman–Crippen MR) is 89.4 cm³/mol. The summed E-state index contributed by atoms with van der Waals surface area (Å²) in [5, 5.41) is 7.89. The van der Waals surface area contributed by atoms with E-state index in [0.29, 0.717) is 0 Å². The molecule has 0 aliphatic heterocycles. The maximum Gasteiger partial charge on any atom is 0.499 e. The molecule has 3 nitrogen and oxygen atoms in total. The second kappa shape index (κ2) is 12.2. The first-order valence-electron chi connectivity index (χ1n) is 9.60. The van der Waals surface area contributed by atoms with Crippen molar-refractivity contribution in [1.82, 2.24) is 0 Å². The third kappa shape index (κ3) is 7.40. The topological polar surface area (TPSA) is 46.5 Å². The zero-order valence-electron chi connectivity index (χ0n) is 20.3. The van der Waals surface area contributed by atoms with E-state index in [-0.39, 0.29) is 5.57 Å². The molecule has 0 aromatic heterocycles. The van der Waals surface area contributed by atoms with E-state index in [0.717, 1.165) is 0 Å². The van der Waals surface area contributed by atoms with Crippen LogP contribution in [0.2, 0.25) is 0 Å². The molecule has 0 aliphatic carbocycles. The molecule has 0 bridgehead atoms. The fraction of sp³-hybridized carbons (Fsp3) is 0.706. The fourth-order valence-electron chi connectivity index (χ4n) is 1.87. The lowest BCUT2D eigenvalue weighted by atomic mass is 9.88. The molecule has 0 spiro atoms. The second-order valence-corrected chi connectivity index (χ2v) is 7.86. The Kier molecular flexibility index (Phi) is 11.9. The molecule has 0 saturated carbocycles. The Morgan fingerprint density at radius 1 is 0.522 bits per heavy atom. The summed E-state index contributed by atoms with van der Waals surface area (Å²) in [5.74, 6) is -76.4. The summed E-state index contributed by atoms with van der Waals surface area (Å²) in [5.41, 5.74) is 0.176. The number of carbonyl (C=O) groups is 1. The predicted octanol–water partition coefficient (Wildman–Crippen LogP) is 9.56. The molecule has 0 aliphatic rings. The molecule has 0 heterocycles. The van der Waals surface area contributed by atoms with Gasteiger partial charge in [0.1, 0.15) is 0 Å². The molecule has 0 unspecified atom stereocenters. The van der Waals surface area contributed by atoms with Gasteiger partial charge in [-0.05, 0) is 6.92 Å². The quantitative estimate of drug-likeness (QED) is 0.138. The van der Waals surface area contributed by atoms with Crippen molar-refractivity contribution in [1.29, 1.82) is 0 Å². The van der Waals surface area contributed by atoms with Gasteiger partial charge in [-0.15, -0.1) is 0 Å². The largest absolute Gasteiger partial charge is 0.499 e. The Balaban J connectivity index is 0. The molecule has 0 amide bonds. The first-order valence-corrected chi connectivity index (χ1v) is 9.60. The van der Waals surface area contributed by atoms with Crippen molar-refractivity contribution in [2.45, 2.75) is 73.0 Å². The summed E-state index contributed by atoms with van der Waals surface area (Å²) in [6, 6.07) is 0. The lowest BCUT2D eigenvalue weighted by Gasteiger charge is -2.43. The standard InChI is InChI=1S/C13F26O.C4H6O2/c14-1(4(17,18)19)2(40-13(38,39)12(35,36)37)3(15,16)5(20,21)6(22,23)7(24,25)8(26,27)9(28,29)10(30,31)11(32,33)34;1-3(2)4(5)6/h;1H2,2H3,(H,5,6). The maximum atomic E-state index is 13.8. The molecule has 274 valence electrons. The van der Waals surface area contributed by atoms with Crippen molar-refractivity contribution in [2.75, 3.05) is 0 Å². The molecular formula is C17H6F26O3. The minimum atomic E-state index is -9.47. The van der Waals surface area contributed by atoms with Crippen LogP contribution in [0, 0.1) is 0 Å². The van der Waals surface area contributed by atoms with Gasteiger partial charge in [-0.2, -0.15) is 114 Å². The van der Waals surface area contributed by atoms with Gasteiger partial charge >= 0.3 is 72.1 Å². The minimum absolute atomic E-state index is 0.176. The smallest absolute Gasteiger partial charge is 0.478 e. The summed E-state index contributed by atoms with van der Waals surface area (Å²) >= 11 is 0. The zero-order chi connectivity index (χ0) is 38.5. The third-order valence-corrected chi connectivity index (χ3v) is 4.38. The van der Waals surface area contributed by atoms with Crippen molar-refractivity contribution in [2.24, 2.45) is 0 Å². The van der Waals surface area contributed by atoms with E-state index in [9.17, 15) is 119 Å². The van der Waals surface area contributed by atoms with Crippen molar-refractivity contribution in [3.63, 3.8) is 0 Å². The first-order chi connectivity index (χ1) is 19.4. The molecule has 46 heavy (non-hydrogen) atoms. The third-order valence-electron chi connectivity index (χ3n) is 4.38. The maximum absolute atomic E-state index is 13.8. The second-order valence-electron chi connectivity index (χ2n) is 7.86. The number of alkyl halides is 25. The molecule has 0 radical (unpaired) electrons. The highest BCUT2D eigenvalue weighted by Crippen LogP contribution is 2.65. The normalized spacial score (nSPS) is 15.9. The summed E-state index contributed by atoms with van der Waals surface area (Å²) in [7, 11) is 0. The highest BCUT2D eigenvalue weighted by atomic mass is 19.4. The lowest BCUT2D eigenvalue weighted by Crippen LogP contribution is -2.74. The molecule has 0 rings (SSSR count). The minimum Gasteiger partial charge on any atom is -0.478 e. The number of hydrogen-bond donors (Lipinski definition) is 1. The van der Waals surface area contributed by atoms with Crippen LogP contribution in [0.5, 0.6) is 0 Å². The molecule has 0 aromatic rings. The van der Waals surface area contributed by atoms with E-state index >= 15 is 0 Å². The van der Waals surface area contributed by atoms with Crippen LogP contribution in [0.3, 0.4) is 0 Å². The average Bonchev–Trinajstić information content (AvgIpc) is 2.79. The van der Waals surface area contributed by atoms with Crippen molar-refractivity contribution < 1.29 is 129 Å². The van der Waals surface area contributed by atoms with Gasteiger partial charge in [-0.1, -0.05) is 6.58 Å². The number of rotatable bonds is 10. The number of carboxylic acids is 1. The molecule has 0 saturated heterocycles. The molecule has 0 aromatic carbocycles. The summed E-state index contributed by atoms with van der Waals surface area (Å²) in [6.07, 6.45) is -31.3. The van der Waals surface area contributed by atoms with E-state index in [2.05, 4.69) is 6.58 Å². The Labute approximate surface area is 233 Å². The van der Waals surface area contributed by atoms with E-state index in [1.807, 2.05) is 0 Å². The van der Waals surface area contributed by atoms with Gasteiger partial charge in [0.05, 0.1) is 0 Å². The van der Waals surface area contributed by atoms with Crippen LogP contribution in [-0.2, 0) is 9.53 Å². The van der Waals surface area contributed by atoms with Gasteiger partial charge in [0.2, 0.25) is 11.6 Å². The van der Waals surface area contributed by atoms with Gasteiger partial charge in [0, 0.05) is 5.57 Å². The molecule has 0 atom stereocenters. The zero-order valence-corrected chi connectivity index (χ0v) is 20.3. The van der Waals surface area contributed by atoms with E-state index < -0.39 is 83.7 Å². The van der Waals surface area contributed by atoms with Crippen LogP contribution in [-0.4, -0.2) is 77.2 Å². The highest BCUT2D eigenvalue weighted by molar-refractivity contribution is 5.84. The number of hydrogen-bond acceptors (Lipinski definition) is 2. The Morgan fingerprint density at radius 3 is 1.00 bits per heavy atom. The van der Waals surface area contributed by atoms with Gasteiger partial charge in [-0.3, -0.25) is 0 Å². The van der Waals surface area contributed by atoms with Crippen LogP contribution in [0.1, 0.15) is 6.92 Å². The monoisotopic (exact) mass is 752 g/mol. The lowest BCUT2D eigenvalue weighted by molar-refractivity contribution is -0.462. The average molecular weight is 752 g/mol. The molecule has 0 fully saturated rings. The van der Waals surface area contributed by atoms with Gasteiger partial charge in [0.15, 0.2) is 0 Å². The Morgan fingerprint density at radius 2 is 0.783 bits per heavy atom. The highest BCUT2D eigenvalue weighted by Gasteiger charge is 2.96. The van der Waals surface area contributed by atoms with Crippen LogP contribution in [0.4, 0.5) is 114 Å². The van der Waals surface area contributed by atoms with Crippen LogP contribution >= 0.6 is 0 Å². The first kappa shape index (κ1) is 45.1. The Hall–Kier alpha value is -3.07.